The Bertz CT molecular complexity index is 411. The topological polar surface area (TPSA) is 41.4 Å². The fraction of sp³-hybridized carbons (Fsp3) is 0.667. The molecule has 1 aliphatic heterocycles. The average Bonchev–Trinajstić information content (AvgIpc) is 2.67. The Kier molecular flexibility index (Phi) is 3.47. The summed E-state index contributed by atoms with van der Waals surface area (Å²) < 4.78 is 2.01. The van der Waals surface area contributed by atoms with Crippen molar-refractivity contribution in [2.75, 3.05) is 27.2 Å². The van der Waals surface area contributed by atoms with Gasteiger partial charge in [-0.1, -0.05) is 0 Å². The molecule has 5 heteroatoms. The number of carbonyl (C=O) groups excluding carboxylic acids is 1. The Morgan fingerprint density at radius 1 is 1.53 bits per heavy atom. The van der Waals surface area contributed by atoms with Gasteiger partial charge < -0.3 is 14.4 Å². The first-order chi connectivity index (χ1) is 8.08. The van der Waals surface area contributed by atoms with Gasteiger partial charge in [0.25, 0.3) is 0 Å². The minimum atomic E-state index is 0.241. The number of carbonyl (C=O) groups is 1. The third kappa shape index (κ3) is 2.66. The van der Waals surface area contributed by atoms with E-state index in [1.54, 1.807) is 0 Å². The molecule has 0 saturated carbocycles. The van der Waals surface area contributed by atoms with Crippen LogP contribution in [0.1, 0.15) is 17.8 Å². The first-order valence-corrected chi connectivity index (χ1v) is 5.99. The number of rotatable bonds is 3. The van der Waals surface area contributed by atoms with E-state index in [2.05, 4.69) is 4.98 Å². The number of imidazole rings is 1. The molecular formula is C12H20N4O. The second-order valence-electron chi connectivity index (χ2n) is 4.87. The van der Waals surface area contributed by atoms with Crippen molar-refractivity contribution in [1.29, 1.82) is 0 Å². The van der Waals surface area contributed by atoms with Gasteiger partial charge in [-0.15, -0.1) is 0 Å². The lowest BCUT2D eigenvalue weighted by molar-refractivity contribution is -0.132. The Labute approximate surface area is 102 Å². The molecule has 1 aromatic rings. The summed E-state index contributed by atoms with van der Waals surface area (Å²) in [6.45, 7) is 2.32. The molecule has 1 amide bonds. The van der Waals surface area contributed by atoms with Crippen molar-refractivity contribution in [2.24, 2.45) is 7.05 Å². The first-order valence-electron chi connectivity index (χ1n) is 5.99. The van der Waals surface area contributed by atoms with Gasteiger partial charge in [-0.05, 0) is 14.1 Å². The number of aromatic nitrogens is 2. The molecule has 0 aliphatic carbocycles. The van der Waals surface area contributed by atoms with E-state index < -0.39 is 0 Å². The first kappa shape index (κ1) is 12.1. The quantitative estimate of drug-likeness (QED) is 0.756. The molecule has 1 aliphatic rings. The molecule has 0 unspecified atom stereocenters. The molecule has 0 radical (unpaired) electrons. The highest BCUT2D eigenvalue weighted by Crippen LogP contribution is 2.17. The molecule has 0 spiro atoms. The van der Waals surface area contributed by atoms with Gasteiger partial charge in [-0.3, -0.25) is 4.79 Å². The normalized spacial score (nSPS) is 15.2. The molecule has 0 bridgehead atoms. The van der Waals surface area contributed by atoms with E-state index in [4.69, 9.17) is 0 Å². The van der Waals surface area contributed by atoms with Gasteiger partial charge in [-0.2, -0.15) is 0 Å². The highest BCUT2D eigenvalue weighted by molar-refractivity contribution is 5.76. The minimum Gasteiger partial charge on any atom is -0.336 e. The zero-order valence-corrected chi connectivity index (χ0v) is 10.8. The summed E-state index contributed by atoms with van der Waals surface area (Å²) in [5, 5.41) is 0. The number of hydrogen-bond acceptors (Lipinski definition) is 3. The lowest BCUT2D eigenvalue weighted by atomic mass is 10.1. The molecule has 0 N–H and O–H groups in total. The van der Waals surface area contributed by atoms with Crippen LogP contribution in [-0.4, -0.2) is 52.4 Å². The monoisotopic (exact) mass is 236 g/mol. The Balaban J connectivity index is 1.97. The van der Waals surface area contributed by atoms with Crippen LogP contribution in [-0.2, 0) is 24.8 Å². The fourth-order valence-corrected chi connectivity index (χ4v) is 2.11. The zero-order chi connectivity index (χ0) is 12.4. The molecule has 94 valence electrons. The van der Waals surface area contributed by atoms with Crippen molar-refractivity contribution < 1.29 is 4.79 Å². The maximum absolute atomic E-state index is 12.0. The zero-order valence-electron chi connectivity index (χ0n) is 10.8. The van der Waals surface area contributed by atoms with Gasteiger partial charge in [-0.25, -0.2) is 4.98 Å². The van der Waals surface area contributed by atoms with E-state index in [1.165, 1.54) is 5.69 Å². The largest absolute Gasteiger partial charge is 0.336 e. The lowest BCUT2D eigenvalue weighted by Gasteiger charge is -2.27. The lowest BCUT2D eigenvalue weighted by Crippen LogP contribution is -2.37. The molecule has 1 aromatic heterocycles. The Morgan fingerprint density at radius 2 is 2.29 bits per heavy atom. The van der Waals surface area contributed by atoms with Gasteiger partial charge in [0.15, 0.2) is 0 Å². The Hall–Kier alpha value is -1.36. The fourth-order valence-electron chi connectivity index (χ4n) is 2.11. The van der Waals surface area contributed by atoms with Crippen LogP contribution in [0, 0.1) is 0 Å². The predicted octanol–water partition coefficient (Wildman–Crippen LogP) is 0.256. The van der Waals surface area contributed by atoms with E-state index in [0.717, 1.165) is 25.2 Å². The standard InChI is InChI=1S/C12H20N4O/c1-14(2)6-5-12(17)16-7-4-10-11(8-16)15(3)9-13-10/h9H,4-8H2,1-3H3. The van der Waals surface area contributed by atoms with E-state index in [1.807, 2.05) is 41.8 Å². The van der Waals surface area contributed by atoms with Crippen LogP contribution < -0.4 is 0 Å². The van der Waals surface area contributed by atoms with Crippen LogP contribution in [0.2, 0.25) is 0 Å². The van der Waals surface area contributed by atoms with Crippen LogP contribution in [0.4, 0.5) is 0 Å². The third-order valence-corrected chi connectivity index (χ3v) is 3.23. The molecule has 0 saturated heterocycles. The van der Waals surface area contributed by atoms with E-state index >= 15 is 0 Å². The molecule has 0 aromatic carbocycles. The van der Waals surface area contributed by atoms with Crippen LogP contribution in [0.5, 0.6) is 0 Å². The van der Waals surface area contributed by atoms with E-state index in [-0.39, 0.29) is 5.91 Å². The van der Waals surface area contributed by atoms with Crippen LogP contribution in [0.15, 0.2) is 6.33 Å². The molecular weight excluding hydrogens is 216 g/mol. The van der Waals surface area contributed by atoms with Crippen LogP contribution >= 0.6 is 0 Å². The van der Waals surface area contributed by atoms with E-state index in [0.29, 0.717) is 13.0 Å². The molecule has 17 heavy (non-hydrogen) atoms. The second kappa shape index (κ2) is 4.87. The van der Waals surface area contributed by atoms with E-state index in [9.17, 15) is 4.79 Å². The molecule has 0 fully saturated rings. The Morgan fingerprint density at radius 3 is 3.00 bits per heavy atom. The summed E-state index contributed by atoms with van der Waals surface area (Å²) in [6, 6.07) is 0. The SMILES string of the molecule is CN(C)CCC(=O)N1CCc2ncn(C)c2C1. The molecule has 0 atom stereocenters. The van der Waals surface area contributed by atoms with Crippen molar-refractivity contribution in [3.8, 4) is 0 Å². The smallest absolute Gasteiger partial charge is 0.224 e. The maximum atomic E-state index is 12.0. The summed E-state index contributed by atoms with van der Waals surface area (Å²) in [5.41, 5.74) is 2.32. The number of aryl methyl sites for hydroxylation is 1. The second-order valence-corrected chi connectivity index (χ2v) is 4.87. The maximum Gasteiger partial charge on any atom is 0.224 e. The summed E-state index contributed by atoms with van der Waals surface area (Å²) in [4.78, 5) is 20.3. The van der Waals surface area contributed by atoms with Gasteiger partial charge in [0.05, 0.1) is 24.3 Å². The van der Waals surface area contributed by atoms with Crippen LogP contribution in [0.25, 0.3) is 0 Å². The van der Waals surface area contributed by atoms with Crippen molar-refractivity contribution in [2.45, 2.75) is 19.4 Å². The van der Waals surface area contributed by atoms with Crippen molar-refractivity contribution in [3.05, 3.63) is 17.7 Å². The molecule has 2 heterocycles. The minimum absolute atomic E-state index is 0.241. The van der Waals surface area contributed by atoms with Crippen molar-refractivity contribution in [3.63, 3.8) is 0 Å². The highest BCUT2D eigenvalue weighted by atomic mass is 16.2. The summed E-state index contributed by atoms with van der Waals surface area (Å²) in [5.74, 6) is 0.241. The predicted molar refractivity (Wildman–Crippen MR) is 65.5 cm³/mol. The molecule has 2 rings (SSSR count). The number of nitrogens with zero attached hydrogens (tertiary/aromatic N) is 4. The third-order valence-electron chi connectivity index (χ3n) is 3.23. The van der Waals surface area contributed by atoms with Gasteiger partial charge in [0.2, 0.25) is 5.91 Å². The number of hydrogen-bond donors (Lipinski definition) is 0. The number of fused-ring (bicyclic) bond motifs is 1. The van der Waals surface area contributed by atoms with Gasteiger partial charge >= 0.3 is 0 Å². The summed E-state index contributed by atoms with van der Waals surface area (Å²) in [6.07, 6.45) is 3.31. The highest BCUT2D eigenvalue weighted by Gasteiger charge is 2.23. The average molecular weight is 236 g/mol. The summed E-state index contributed by atoms with van der Waals surface area (Å²) in [7, 11) is 5.96. The number of amides is 1. The van der Waals surface area contributed by atoms with Crippen molar-refractivity contribution >= 4 is 5.91 Å². The van der Waals surface area contributed by atoms with Crippen LogP contribution in [0.3, 0.4) is 0 Å². The summed E-state index contributed by atoms with van der Waals surface area (Å²) >= 11 is 0. The molecule has 5 nitrogen and oxygen atoms in total. The van der Waals surface area contributed by atoms with Gasteiger partial charge in [0, 0.05) is 33.0 Å². The van der Waals surface area contributed by atoms with Crippen molar-refractivity contribution in [1.82, 2.24) is 19.4 Å². The van der Waals surface area contributed by atoms with Gasteiger partial charge in [0.1, 0.15) is 0 Å².